The number of carbonyl (C=O) groups is 7. The van der Waals surface area contributed by atoms with Crippen molar-refractivity contribution < 1.29 is 43.4 Å². The van der Waals surface area contributed by atoms with E-state index in [1.165, 1.54) is 18.2 Å². The fourth-order valence-electron chi connectivity index (χ4n) is 5.32. The summed E-state index contributed by atoms with van der Waals surface area (Å²) >= 11 is 0. The first-order chi connectivity index (χ1) is 22.9. The molecule has 264 valence electrons. The average Bonchev–Trinajstić information content (AvgIpc) is 3.07. The predicted octanol–water partition coefficient (Wildman–Crippen LogP) is 2.29. The van der Waals surface area contributed by atoms with E-state index < -0.39 is 72.2 Å². The molecule has 4 atom stereocenters. The van der Waals surface area contributed by atoms with Crippen molar-refractivity contribution in [1.82, 2.24) is 26.6 Å². The van der Waals surface area contributed by atoms with E-state index in [2.05, 4.69) is 33.2 Å². The van der Waals surface area contributed by atoms with Gasteiger partial charge >= 0.3 is 12.1 Å². The van der Waals surface area contributed by atoms with Gasteiger partial charge in [0, 0.05) is 0 Å². The summed E-state index contributed by atoms with van der Waals surface area (Å²) in [6, 6.07) is 3.21. The minimum Gasteiger partial charge on any atom is -0.479 e. The van der Waals surface area contributed by atoms with Crippen molar-refractivity contribution in [2.75, 3.05) is 13.2 Å². The first-order valence-electron chi connectivity index (χ1n) is 16.4. The van der Waals surface area contributed by atoms with Crippen molar-refractivity contribution in [3.05, 3.63) is 48.6 Å². The van der Waals surface area contributed by atoms with Crippen molar-refractivity contribution in [2.45, 2.75) is 96.3 Å². The number of carbonyl (C=O) groups excluding carboxylic acids is 6. The van der Waals surface area contributed by atoms with Crippen LogP contribution in [0.2, 0.25) is 0 Å². The fraction of sp³-hybridized carbons (Fsp3) is 0.559. The van der Waals surface area contributed by atoms with E-state index >= 15 is 0 Å². The standard InChI is InChI=1S/C34H49N5O9/c1-5-13-24(29(41)32(44)35-19-26(40)38-28(33(45)46)23-17-11-8-12-18-23)36-30(42)25(14-6-2)37-31(43)27(22-15-9-7-10-16-22)39-34(47)48-20-21(3)4/h6,8,11-12,17-18,21-22,24-25,27-28H,2,5,7,9-10,13-16,19-20H2,1,3-4H3,(H,35,44)(H,36,42)(H,37,43)(H,38,40)(H,39,47)(H,45,46)/t24?,25-,27-,28-/m0/s1. The summed E-state index contributed by atoms with van der Waals surface area (Å²) in [5, 5.41) is 21.9. The van der Waals surface area contributed by atoms with Crippen LogP contribution in [0.1, 0.15) is 83.7 Å². The highest BCUT2D eigenvalue weighted by molar-refractivity contribution is 6.38. The van der Waals surface area contributed by atoms with Gasteiger partial charge in [-0.1, -0.05) is 82.9 Å². The molecule has 1 aliphatic carbocycles. The van der Waals surface area contributed by atoms with Gasteiger partial charge in [0.2, 0.25) is 23.5 Å². The van der Waals surface area contributed by atoms with Crippen LogP contribution in [-0.4, -0.2) is 77.9 Å². The van der Waals surface area contributed by atoms with E-state index in [1.54, 1.807) is 25.1 Å². The Labute approximate surface area is 281 Å². The molecule has 0 radical (unpaired) electrons. The van der Waals surface area contributed by atoms with Gasteiger partial charge in [0.05, 0.1) is 19.2 Å². The molecule has 1 aliphatic rings. The Morgan fingerprint density at radius 2 is 1.56 bits per heavy atom. The Hall–Kier alpha value is -4.75. The maximum Gasteiger partial charge on any atom is 0.407 e. The number of rotatable bonds is 19. The number of benzene rings is 1. The number of carboxylic acid groups (broad SMARTS) is 1. The number of aliphatic carboxylic acids is 1. The Balaban J connectivity index is 2.06. The second-order valence-corrected chi connectivity index (χ2v) is 12.2. The van der Waals surface area contributed by atoms with Crippen LogP contribution in [0.4, 0.5) is 4.79 Å². The molecule has 1 fully saturated rings. The molecular formula is C34H49N5O9. The summed E-state index contributed by atoms with van der Waals surface area (Å²) in [4.78, 5) is 89.3. The first-order valence-corrected chi connectivity index (χ1v) is 16.4. The quantitative estimate of drug-likeness (QED) is 0.0940. The van der Waals surface area contributed by atoms with Gasteiger partial charge in [0.1, 0.15) is 12.1 Å². The molecule has 0 aromatic heterocycles. The zero-order valence-corrected chi connectivity index (χ0v) is 27.9. The maximum absolute atomic E-state index is 13.5. The molecule has 0 saturated heterocycles. The summed E-state index contributed by atoms with van der Waals surface area (Å²) in [6.45, 7) is 8.67. The smallest absolute Gasteiger partial charge is 0.407 e. The molecule has 14 nitrogen and oxygen atoms in total. The summed E-state index contributed by atoms with van der Waals surface area (Å²) in [5.41, 5.74) is 0.319. The maximum atomic E-state index is 13.5. The van der Waals surface area contributed by atoms with Crippen molar-refractivity contribution in [3.63, 3.8) is 0 Å². The number of hydrogen-bond donors (Lipinski definition) is 6. The third-order valence-corrected chi connectivity index (χ3v) is 7.79. The Morgan fingerprint density at radius 3 is 2.15 bits per heavy atom. The monoisotopic (exact) mass is 671 g/mol. The Bertz CT molecular complexity index is 1280. The van der Waals surface area contributed by atoms with E-state index in [4.69, 9.17) is 4.74 Å². The van der Waals surface area contributed by atoms with Crippen LogP contribution in [0.25, 0.3) is 0 Å². The van der Waals surface area contributed by atoms with Gasteiger partial charge in [-0.2, -0.15) is 0 Å². The Morgan fingerprint density at radius 1 is 0.917 bits per heavy atom. The fourth-order valence-corrected chi connectivity index (χ4v) is 5.32. The molecule has 6 N–H and O–H groups in total. The average molecular weight is 672 g/mol. The number of nitrogens with one attached hydrogen (secondary N) is 5. The van der Waals surface area contributed by atoms with Gasteiger partial charge in [0.15, 0.2) is 6.04 Å². The van der Waals surface area contributed by atoms with E-state index in [9.17, 15) is 38.7 Å². The second kappa shape index (κ2) is 20.5. The minimum absolute atomic E-state index is 0.00167. The van der Waals surface area contributed by atoms with Crippen LogP contribution in [-0.2, 0) is 33.5 Å². The molecule has 0 bridgehead atoms. The summed E-state index contributed by atoms with van der Waals surface area (Å²) in [5.74, 6) is -5.70. The zero-order valence-electron chi connectivity index (χ0n) is 27.9. The number of alkyl carbamates (subject to hydrolysis) is 1. The van der Waals surface area contributed by atoms with Crippen LogP contribution in [0.3, 0.4) is 0 Å². The highest BCUT2D eigenvalue weighted by atomic mass is 16.5. The van der Waals surface area contributed by atoms with Crippen LogP contribution in [0, 0.1) is 11.8 Å². The van der Waals surface area contributed by atoms with Gasteiger partial charge in [-0.3, -0.25) is 24.0 Å². The zero-order chi connectivity index (χ0) is 35.6. The van der Waals surface area contributed by atoms with Crippen LogP contribution >= 0.6 is 0 Å². The topological polar surface area (TPSA) is 209 Å². The predicted molar refractivity (Wildman–Crippen MR) is 176 cm³/mol. The number of ether oxygens (including phenoxy) is 1. The minimum atomic E-state index is -1.37. The summed E-state index contributed by atoms with van der Waals surface area (Å²) in [7, 11) is 0. The molecule has 0 heterocycles. The summed E-state index contributed by atoms with van der Waals surface area (Å²) < 4.78 is 5.24. The Kier molecular flexibility index (Phi) is 16.8. The van der Waals surface area contributed by atoms with Crippen LogP contribution in [0.5, 0.6) is 0 Å². The molecule has 14 heteroatoms. The lowest BCUT2D eigenvalue weighted by molar-refractivity contribution is -0.142. The molecule has 1 unspecified atom stereocenters. The highest BCUT2D eigenvalue weighted by Crippen LogP contribution is 2.27. The molecular weight excluding hydrogens is 622 g/mol. The number of carboxylic acids is 1. The molecule has 1 aromatic carbocycles. The molecule has 1 aromatic rings. The molecule has 5 amide bonds. The van der Waals surface area contributed by atoms with Gasteiger partial charge in [-0.05, 0) is 43.1 Å². The molecule has 1 saturated carbocycles. The lowest BCUT2D eigenvalue weighted by Gasteiger charge is -2.31. The number of Topliss-reactive ketones (excluding diaryl/α,β-unsaturated/α-hetero) is 1. The van der Waals surface area contributed by atoms with E-state index in [1.807, 2.05) is 13.8 Å². The van der Waals surface area contributed by atoms with E-state index in [0.717, 1.165) is 19.3 Å². The molecule has 0 spiro atoms. The largest absolute Gasteiger partial charge is 0.479 e. The van der Waals surface area contributed by atoms with Gasteiger partial charge in [0.25, 0.3) is 5.91 Å². The summed E-state index contributed by atoms with van der Waals surface area (Å²) in [6.07, 6.45) is 5.42. The van der Waals surface area contributed by atoms with Crippen molar-refractivity contribution in [3.8, 4) is 0 Å². The third kappa shape index (κ3) is 13.2. The van der Waals surface area contributed by atoms with Crippen LogP contribution < -0.4 is 26.6 Å². The number of ketones is 1. The number of hydrogen-bond acceptors (Lipinski definition) is 8. The normalized spacial score (nSPS) is 15.5. The molecule has 2 rings (SSSR count). The molecule has 0 aliphatic heterocycles. The van der Waals surface area contributed by atoms with Gasteiger partial charge in [-0.15, -0.1) is 6.58 Å². The van der Waals surface area contributed by atoms with E-state index in [-0.39, 0.29) is 31.3 Å². The van der Waals surface area contributed by atoms with Crippen molar-refractivity contribution >= 4 is 41.5 Å². The lowest BCUT2D eigenvalue weighted by Crippen LogP contribution is -2.58. The first kappa shape index (κ1) is 39.4. The lowest BCUT2D eigenvalue weighted by atomic mass is 9.83. The van der Waals surface area contributed by atoms with Crippen molar-refractivity contribution in [1.29, 1.82) is 0 Å². The highest BCUT2D eigenvalue weighted by Gasteiger charge is 2.35. The third-order valence-electron chi connectivity index (χ3n) is 7.79. The number of amides is 5. The molecule has 48 heavy (non-hydrogen) atoms. The second-order valence-electron chi connectivity index (χ2n) is 12.2. The SMILES string of the molecule is C=CC[C@H](NC(=O)[C@@H](NC(=O)OCC(C)C)C1CCCCC1)C(=O)NC(CCC)C(=O)C(=O)NCC(=O)N[C@H](C(=O)O)c1ccccc1. The van der Waals surface area contributed by atoms with Crippen molar-refractivity contribution in [2.24, 2.45) is 11.8 Å². The van der Waals surface area contributed by atoms with Crippen LogP contribution in [0.15, 0.2) is 43.0 Å². The van der Waals surface area contributed by atoms with E-state index in [0.29, 0.717) is 24.8 Å². The van der Waals surface area contributed by atoms with Gasteiger partial charge < -0.3 is 36.4 Å². The van der Waals surface area contributed by atoms with Gasteiger partial charge in [-0.25, -0.2) is 9.59 Å².